The van der Waals surface area contributed by atoms with E-state index in [1.165, 1.54) is 31.7 Å². The van der Waals surface area contributed by atoms with Crippen molar-refractivity contribution in [2.45, 2.75) is 31.6 Å². The summed E-state index contributed by atoms with van der Waals surface area (Å²) in [5.41, 5.74) is 6.81. The van der Waals surface area contributed by atoms with Crippen molar-refractivity contribution >= 4 is 0 Å². The fourth-order valence-electron chi connectivity index (χ4n) is 2.93. The van der Waals surface area contributed by atoms with Crippen molar-refractivity contribution in [2.75, 3.05) is 13.7 Å². The summed E-state index contributed by atoms with van der Waals surface area (Å²) in [5.74, 6) is 1.35. The highest BCUT2D eigenvalue weighted by molar-refractivity contribution is 5.37. The first-order chi connectivity index (χ1) is 8.26. The maximum Gasteiger partial charge on any atom is 0.123 e. The van der Waals surface area contributed by atoms with E-state index in [0.717, 1.165) is 11.3 Å². The molecule has 0 bridgehead atoms. The third kappa shape index (κ3) is 2.60. The minimum atomic E-state index is -0.211. The predicted octanol–water partition coefficient (Wildman–Crippen LogP) is 3.07. The van der Waals surface area contributed by atoms with E-state index < -0.39 is 0 Å². The molecule has 0 aromatic heterocycles. The van der Waals surface area contributed by atoms with E-state index in [1.807, 2.05) is 0 Å². The number of nitrogens with two attached hydrogens (primary N) is 1. The Labute approximate surface area is 102 Å². The summed E-state index contributed by atoms with van der Waals surface area (Å²) in [6.45, 7) is 0.560. The molecule has 1 unspecified atom stereocenters. The third-order valence-electron chi connectivity index (χ3n) is 3.81. The van der Waals surface area contributed by atoms with Crippen molar-refractivity contribution in [3.05, 3.63) is 29.6 Å². The average molecular weight is 237 g/mol. The molecule has 0 radical (unpaired) electrons. The Hall–Kier alpha value is -1.09. The largest absolute Gasteiger partial charge is 0.496 e. The molecule has 1 aliphatic carbocycles. The van der Waals surface area contributed by atoms with Crippen molar-refractivity contribution < 1.29 is 9.13 Å². The summed E-state index contributed by atoms with van der Waals surface area (Å²) >= 11 is 0. The molecule has 1 fully saturated rings. The van der Waals surface area contributed by atoms with Crippen LogP contribution in [0.5, 0.6) is 5.75 Å². The van der Waals surface area contributed by atoms with Gasteiger partial charge in [0.25, 0.3) is 0 Å². The lowest BCUT2D eigenvalue weighted by Crippen LogP contribution is -2.20. The van der Waals surface area contributed by atoms with Gasteiger partial charge in [0.2, 0.25) is 0 Å². The van der Waals surface area contributed by atoms with Crippen LogP contribution in [0, 0.1) is 11.7 Å². The molecule has 2 rings (SSSR count). The van der Waals surface area contributed by atoms with Crippen LogP contribution in [0.1, 0.15) is 37.2 Å². The molecule has 1 aromatic carbocycles. The van der Waals surface area contributed by atoms with Crippen LogP contribution in [0.4, 0.5) is 4.39 Å². The van der Waals surface area contributed by atoms with Gasteiger partial charge in [-0.15, -0.1) is 0 Å². The molecular weight excluding hydrogens is 217 g/mol. The van der Waals surface area contributed by atoms with Crippen LogP contribution >= 0.6 is 0 Å². The van der Waals surface area contributed by atoms with Gasteiger partial charge in [-0.25, -0.2) is 4.39 Å². The fraction of sp³-hybridized carbons (Fsp3) is 0.571. The van der Waals surface area contributed by atoms with E-state index in [9.17, 15) is 4.39 Å². The normalized spacial score (nSPS) is 18.3. The molecular formula is C14H20FNO. The first-order valence-electron chi connectivity index (χ1n) is 6.29. The van der Waals surface area contributed by atoms with Crippen LogP contribution in [0.2, 0.25) is 0 Å². The minimum Gasteiger partial charge on any atom is -0.496 e. The Balaban J connectivity index is 2.31. The number of methoxy groups -OCH3 is 1. The third-order valence-corrected chi connectivity index (χ3v) is 3.81. The summed E-state index contributed by atoms with van der Waals surface area (Å²) in [6, 6.07) is 4.71. The summed E-state index contributed by atoms with van der Waals surface area (Å²) in [5, 5.41) is 0. The van der Waals surface area contributed by atoms with Crippen LogP contribution in [-0.2, 0) is 0 Å². The number of hydrogen-bond acceptors (Lipinski definition) is 2. The molecule has 17 heavy (non-hydrogen) atoms. The van der Waals surface area contributed by atoms with Crippen LogP contribution in [0.3, 0.4) is 0 Å². The van der Waals surface area contributed by atoms with Crippen LogP contribution < -0.4 is 10.5 Å². The van der Waals surface area contributed by atoms with Gasteiger partial charge < -0.3 is 10.5 Å². The van der Waals surface area contributed by atoms with Gasteiger partial charge in [-0.1, -0.05) is 12.8 Å². The lowest BCUT2D eigenvalue weighted by atomic mass is 9.84. The Morgan fingerprint density at radius 3 is 2.71 bits per heavy atom. The van der Waals surface area contributed by atoms with Crippen LogP contribution in [-0.4, -0.2) is 13.7 Å². The minimum absolute atomic E-state index is 0.211. The van der Waals surface area contributed by atoms with Gasteiger partial charge in [-0.3, -0.25) is 0 Å². The van der Waals surface area contributed by atoms with Gasteiger partial charge in [0.15, 0.2) is 0 Å². The zero-order valence-electron chi connectivity index (χ0n) is 10.3. The molecule has 2 N–H and O–H groups in total. The molecule has 0 aliphatic heterocycles. The van der Waals surface area contributed by atoms with E-state index >= 15 is 0 Å². The number of rotatable bonds is 4. The van der Waals surface area contributed by atoms with E-state index in [0.29, 0.717) is 12.5 Å². The van der Waals surface area contributed by atoms with E-state index in [1.54, 1.807) is 19.2 Å². The van der Waals surface area contributed by atoms with Crippen molar-refractivity contribution in [3.63, 3.8) is 0 Å². The van der Waals surface area contributed by atoms with Crippen molar-refractivity contribution in [1.29, 1.82) is 0 Å². The number of halogens is 1. The lowest BCUT2D eigenvalue weighted by molar-refractivity contribution is 0.382. The first kappa shape index (κ1) is 12.4. The second-order valence-electron chi connectivity index (χ2n) is 4.77. The second kappa shape index (κ2) is 5.50. The van der Waals surface area contributed by atoms with Gasteiger partial charge in [0.05, 0.1) is 7.11 Å². The maximum absolute atomic E-state index is 13.4. The molecule has 1 saturated carbocycles. The standard InChI is InChI=1S/C14H20FNO/c1-17-14-7-6-11(15)8-12(14)13(9-16)10-4-2-3-5-10/h6-8,10,13H,2-5,9,16H2,1H3. The Kier molecular flexibility index (Phi) is 4.00. The van der Waals surface area contributed by atoms with Crippen molar-refractivity contribution in [2.24, 2.45) is 11.7 Å². The highest BCUT2D eigenvalue weighted by atomic mass is 19.1. The van der Waals surface area contributed by atoms with E-state index in [2.05, 4.69) is 0 Å². The molecule has 1 atom stereocenters. The van der Waals surface area contributed by atoms with Crippen molar-refractivity contribution in [1.82, 2.24) is 0 Å². The molecule has 1 aromatic rings. The van der Waals surface area contributed by atoms with Crippen LogP contribution in [0.15, 0.2) is 18.2 Å². The molecule has 0 saturated heterocycles. The topological polar surface area (TPSA) is 35.2 Å². The fourth-order valence-corrected chi connectivity index (χ4v) is 2.93. The zero-order chi connectivity index (χ0) is 12.3. The van der Waals surface area contributed by atoms with Gasteiger partial charge >= 0.3 is 0 Å². The SMILES string of the molecule is COc1ccc(F)cc1C(CN)C1CCCC1. The summed E-state index contributed by atoms with van der Waals surface area (Å²) < 4.78 is 18.7. The monoisotopic (exact) mass is 237 g/mol. The molecule has 0 spiro atoms. The lowest BCUT2D eigenvalue weighted by Gasteiger charge is -2.24. The summed E-state index contributed by atoms with van der Waals surface area (Å²) in [7, 11) is 1.62. The summed E-state index contributed by atoms with van der Waals surface area (Å²) in [4.78, 5) is 0. The quantitative estimate of drug-likeness (QED) is 0.873. The maximum atomic E-state index is 13.4. The summed E-state index contributed by atoms with van der Waals surface area (Å²) in [6.07, 6.45) is 4.92. The van der Waals surface area contributed by atoms with Crippen molar-refractivity contribution in [3.8, 4) is 5.75 Å². The Bertz CT molecular complexity index is 374. The van der Waals surface area contributed by atoms with E-state index in [-0.39, 0.29) is 11.7 Å². The number of ether oxygens (including phenoxy) is 1. The average Bonchev–Trinajstić information content (AvgIpc) is 2.84. The highest BCUT2D eigenvalue weighted by Gasteiger charge is 2.27. The van der Waals surface area contributed by atoms with Gasteiger partial charge in [0.1, 0.15) is 11.6 Å². The second-order valence-corrected chi connectivity index (χ2v) is 4.77. The molecule has 1 aliphatic rings. The van der Waals surface area contributed by atoms with Gasteiger partial charge in [0, 0.05) is 11.5 Å². The van der Waals surface area contributed by atoms with Gasteiger partial charge in [-0.05, 0) is 43.5 Å². The highest BCUT2D eigenvalue weighted by Crippen LogP contribution is 2.40. The van der Waals surface area contributed by atoms with Crippen LogP contribution in [0.25, 0.3) is 0 Å². The first-order valence-corrected chi connectivity index (χ1v) is 6.29. The Morgan fingerprint density at radius 2 is 2.12 bits per heavy atom. The van der Waals surface area contributed by atoms with E-state index in [4.69, 9.17) is 10.5 Å². The predicted molar refractivity (Wildman–Crippen MR) is 66.7 cm³/mol. The Morgan fingerprint density at radius 1 is 1.41 bits per heavy atom. The molecule has 3 heteroatoms. The molecule has 2 nitrogen and oxygen atoms in total. The number of hydrogen-bond donors (Lipinski definition) is 1. The number of benzene rings is 1. The molecule has 0 heterocycles. The molecule has 94 valence electrons. The smallest absolute Gasteiger partial charge is 0.123 e. The zero-order valence-corrected chi connectivity index (χ0v) is 10.3. The molecule has 0 amide bonds. The van der Waals surface area contributed by atoms with Gasteiger partial charge in [-0.2, -0.15) is 0 Å².